The van der Waals surface area contributed by atoms with E-state index < -0.39 is 5.91 Å². The number of benzene rings is 1. The molecule has 0 unspecified atom stereocenters. The summed E-state index contributed by atoms with van der Waals surface area (Å²) in [6.45, 7) is 5.30. The van der Waals surface area contributed by atoms with Crippen LogP contribution in [0.5, 0.6) is 5.75 Å². The zero-order valence-corrected chi connectivity index (χ0v) is 11.3. The van der Waals surface area contributed by atoms with Gasteiger partial charge in [0.05, 0.1) is 7.11 Å². The van der Waals surface area contributed by atoms with E-state index in [1.807, 2.05) is 32.0 Å². The van der Waals surface area contributed by atoms with E-state index in [2.05, 4.69) is 4.74 Å². The lowest BCUT2D eigenvalue weighted by molar-refractivity contribution is -0.137. The molecule has 0 bridgehead atoms. The molecule has 104 valence electrons. The molecule has 0 saturated carbocycles. The molecule has 0 aliphatic rings. The second kappa shape index (κ2) is 13.0. The molecule has 0 saturated heterocycles. The highest BCUT2D eigenvalue weighted by molar-refractivity contribution is 5.75. The SMILES string of the molecule is CC.COC(C)=O.NC(=O)COc1ccccc1.[HH]. The maximum Gasteiger partial charge on any atom is 0.302 e. The number of hydrogen-bond donors (Lipinski definition) is 1. The highest BCUT2D eigenvalue weighted by atomic mass is 16.5. The molecule has 0 fully saturated rings. The number of rotatable bonds is 3. The molecule has 1 aromatic rings. The summed E-state index contributed by atoms with van der Waals surface area (Å²) >= 11 is 0. The van der Waals surface area contributed by atoms with Gasteiger partial charge in [0, 0.05) is 8.35 Å². The Morgan fingerprint density at radius 3 is 2.00 bits per heavy atom. The molecule has 18 heavy (non-hydrogen) atoms. The summed E-state index contributed by atoms with van der Waals surface area (Å²) in [4.78, 5) is 19.9. The Balaban J connectivity index is -0.000000275. The monoisotopic (exact) mass is 257 g/mol. The van der Waals surface area contributed by atoms with Gasteiger partial charge in [0.2, 0.25) is 0 Å². The molecule has 0 spiro atoms. The number of hydrogen-bond acceptors (Lipinski definition) is 4. The Bertz CT molecular complexity index is 331. The van der Waals surface area contributed by atoms with E-state index in [4.69, 9.17) is 10.5 Å². The van der Waals surface area contributed by atoms with Gasteiger partial charge in [-0.3, -0.25) is 9.59 Å². The van der Waals surface area contributed by atoms with Crippen LogP contribution in [0.3, 0.4) is 0 Å². The lowest BCUT2D eigenvalue weighted by Crippen LogP contribution is -2.19. The first-order valence-corrected chi connectivity index (χ1v) is 5.57. The van der Waals surface area contributed by atoms with Crippen LogP contribution < -0.4 is 10.5 Å². The molecule has 0 atom stereocenters. The first-order chi connectivity index (χ1) is 8.56. The molecule has 0 heterocycles. The zero-order valence-electron chi connectivity index (χ0n) is 11.3. The third-order valence-electron chi connectivity index (χ3n) is 1.41. The topological polar surface area (TPSA) is 78.6 Å². The molecule has 1 aromatic carbocycles. The highest BCUT2D eigenvalue weighted by Gasteiger charge is 1.94. The number of primary amides is 1. The van der Waals surface area contributed by atoms with Gasteiger partial charge in [-0.2, -0.15) is 0 Å². The third-order valence-corrected chi connectivity index (χ3v) is 1.41. The number of esters is 1. The normalized spacial score (nSPS) is 7.78. The van der Waals surface area contributed by atoms with E-state index in [0.29, 0.717) is 5.75 Å². The quantitative estimate of drug-likeness (QED) is 0.840. The molecule has 5 nitrogen and oxygen atoms in total. The van der Waals surface area contributed by atoms with Crippen LogP contribution in [0.25, 0.3) is 0 Å². The largest absolute Gasteiger partial charge is 0.484 e. The van der Waals surface area contributed by atoms with Crippen molar-refractivity contribution in [2.75, 3.05) is 13.7 Å². The van der Waals surface area contributed by atoms with Crippen molar-refractivity contribution < 1.29 is 20.5 Å². The van der Waals surface area contributed by atoms with Gasteiger partial charge < -0.3 is 15.2 Å². The van der Waals surface area contributed by atoms with Crippen LogP contribution in [0, 0.1) is 0 Å². The molecule has 0 radical (unpaired) electrons. The summed E-state index contributed by atoms with van der Waals surface area (Å²) in [6, 6.07) is 9.07. The molecule has 1 rings (SSSR count). The molecule has 0 aliphatic heterocycles. The van der Waals surface area contributed by atoms with E-state index >= 15 is 0 Å². The Morgan fingerprint density at radius 1 is 1.22 bits per heavy atom. The first kappa shape index (κ1) is 18.3. The molecule has 5 heteroatoms. The maximum atomic E-state index is 10.3. The van der Waals surface area contributed by atoms with Crippen molar-refractivity contribution in [3.63, 3.8) is 0 Å². The lowest BCUT2D eigenvalue weighted by Gasteiger charge is -2.00. The van der Waals surface area contributed by atoms with Crippen LogP contribution in [-0.4, -0.2) is 25.6 Å². The Morgan fingerprint density at radius 2 is 1.67 bits per heavy atom. The average Bonchev–Trinajstić information content (AvgIpc) is 2.40. The van der Waals surface area contributed by atoms with E-state index in [1.54, 1.807) is 12.1 Å². The van der Waals surface area contributed by atoms with Crippen LogP contribution >= 0.6 is 0 Å². The maximum absolute atomic E-state index is 10.3. The number of methoxy groups -OCH3 is 1. The van der Waals surface area contributed by atoms with Crippen LogP contribution in [0.2, 0.25) is 0 Å². The van der Waals surface area contributed by atoms with E-state index in [0.717, 1.165) is 0 Å². The number of carbonyl (C=O) groups excluding carboxylic acids is 2. The summed E-state index contributed by atoms with van der Waals surface area (Å²) in [5, 5.41) is 0. The number of nitrogens with two attached hydrogens (primary N) is 1. The summed E-state index contributed by atoms with van der Waals surface area (Å²) in [7, 11) is 1.35. The summed E-state index contributed by atoms with van der Waals surface area (Å²) in [5.74, 6) is -0.0508. The minimum Gasteiger partial charge on any atom is -0.484 e. The van der Waals surface area contributed by atoms with Gasteiger partial charge in [0.15, 0.2) is 6.61 Å². The van der Waals surface area contributed by atoms with Gasteiger partial charge in [-0.1, -0.05) is 32.0 Å². The van der Waals surface area contributed by atoms with Crippen molar-refractivity contribution in [3.8, 4) is 5.75 Å². The van der Waals surface area contributed by atoms with E-state index in [9.17, 15) is 9.59 Å². The predicted molar refractivity (Wildman–Crippen MR) is 72.3 cm³/mol. The summed E-state index contributed by atoms with van der Waals surface area (Å²) in [6.07, 6.45) is 0. The van der Waals surface area contributed by atoms with Crippen LogP contribution in [0.15, 0.2) is 30.3 Å². The smallest absolute Gasteiger partial charge is 0.302 e. The minimum absolute atomic E-state index is 0. The van der Waals surface area contributed by atoms with Gasteiger partial charge in [0.25, 0.3) is 5.91 Å². The molecule has 1 amide bonds. The molecule has 0 aromatic heterocycles. The highest BCUT2D eigenvalue weighted by Crippen LogP contribution is 2.07. The number of para-hydroxylation sites is 1. The standard InChI is InChI=1S/C8H9NO2.C3H6O2.C2H6.H2/c9-8(10)6-11-7-4-2-1-3-5-7;1-3(4)5-2;1-2;/h1-5H,6H2,(H2,9,10);1-2H3;1-2H3;1H. The minimum atomic E-state index is -0.464. The molecule has 2 N–H and O–H groups in total. The number of ether oxygens (including phenoxy) is 2. The van der Waals surface area contributed by atoms with Crippen molar-refractivity contribution in [2.45, 2.75) is 20.8 Å². The summed E-state index contributed by atoms with van der Waals surface area (Å²) in [5.41, 5.74) is 4.88. The second-order valence-corrected chi connectivity index (χ2v) is 2.76. The Hall–Kier alpha value is -2.04. The summed E-state index contributed by atoms with van der Waals surface area (Å²) < 4.78 is 9.10. The van der Waals surface area contributed by atoms with Crippen molar-refractivity contribution >= 4 is 11.9 Å². The second-order valence-electron chi connectivity index (χ2n) is 2.76. The van der Waals surface area contributed by atoms with Gasteiger partial charge in [-0.25, -0.2) is 0 Å². The van der Waals surface area contributed by atoms with Gasteiger partial charge in [-0.05, 0) is 12.1 Å². The lowest BCUT2D eigenvalue weighted by atomic mass is 10.3. The fourth-order valence-corrected chi connectivity index (χ4v) is 0.671. The van der Waals surface area contributed by atoms with Crippen molar-refractivity contribution in [3.05, 3.63) is 30.3 Å². The van der Waals surface area contributed by atoms with Crippen LogP contribution in [0.4, 0.5) is 0 Å². The Labute approximate surface area is 109 Å². The third kappa shape index (κ3) is 14.0. The van der Waals surface area contributed by atoms with Crippen molar-refractivity contribution in [2.24, 2.45) is 5.73 Å². The number of carbonyl (C=O) groups is 2. The van der Waals surface area contributed by atoms with Gasteiger partial charge >= 0.3 is 5.97 Å². The van der Waals surface area contributed by atoms with Gasteiger partial charge in [-0.15, -0.1) is 0 Å². The fraction of sp³-hybridized carbons (Fsp3) is 0.385. The predicted octanol–water partition coefficient (Wildman–Crippen LogP) is 2.00. The van der Waals surface area contributed by atoms with Crippen LogP contribution in [-0.2, 0) is 14.3 Å². The molecule has 0 aliphatic carbocycles. The average molecular weight is 257 g/mol. The molecular weight excluding hydrogens is 234 g/mol. The number of amides is 1. The van der Waals surface area contributed by atoms with E-state index in [-0.39, 0.29) is 14.0 Å². The Kier molecular flexibility index (Phi) is 13.3. The van der Waals surface area contributed by atoms with Gasteiger partial charge in [0.1, 0.15) is 5.75 Å². The van der Waals surface area contributed by atoms with E-state index in [1.165, 1.54) is 14.0 Å². The molecular formula is C13H23NO4. The van der Waals surface area contributed by atoms with Crippen LogP contribution in [0.1, 0.15) is 22.2 Å². The van der Waals surface area contributed by atoms with Crippen molar-refractivity contribution in [1.29, 1.82) is 0 Å². The fourth-order valence-electron chi connectivity index (χ4n) is 0.671. The van der Waals surface area contributed by atoms with Crippen molar-refractivity contribution in [1.82, 2.24) is 0 Å². The first-order valence-electron chi connectivity index (χ1n) is 5.57. The zero-order chi connectivity index (χ0) is 14.4.